The van der Waals surface area contributed by atoms with E-state index in [9.17, 15) is 0 Å². The summed E-state index contributed by atoms with van der Waals surface area (Å²) >= 11 is 6.34. The standard InChI is InChI=1S/C24H29ClN2O2/c1-3-14-28-15-16-29-22-10-11-23-20(17-22)7-6-19-8-9-21(25)18-24(19)27(23)13-5-4-12-26-2/h1,7-11,18,26H,4-6,12-17H2,2H3. The van der Waals surface area contributed by atoms with Crippen LogP contribution in [-0.2, 0) is 15.9 Å². The minimum Gasteiger partial charge on any atom is -0.495 e. The van der Waals surface area contributed by atoms with E-state index in [1.165, 1.54) is 22.5 Å². The molecule has 0 fully saturated rings. The molecule has 1 N–H and O–H groups in total. The molecule has 0 aromatic heterocycles. The average Bonchev–Trinajstić information content (AvgIpc) is 2.87. The van der Waals surface area contributed by atoms with Gasteiger partial charge < -0.3 is 19.7 Å². The van der Waals surface area contributed by atoms with Gasteiger partial charge in [0.1, 0.15) is 19.0 Å². The lowest BCUT2D eigenvalue weighted by atomic mass is 10.0. The smallest absolute Gasteiger partial charge is 0.111 e. The van der Waals surface area contributed by atoms with Crippen LogP contribution < -0.4 is 10.2 Å². The number of rotatable bonds is 10. The van der Waals surface area contributed by atoms with Gasteiger partial charge in [-0.3, -0.25) is 0 Å². The van der Waals surface area contributed by atoms with Gasteiger partial charge in [0.2, 0.25) is 0 Å². The Bertz CT molecular complexity index is 836. The number of hydrogen-bond donors (Lipinski definition) is 1. The SMILES string of the molecule is C#CCOCCOC1=CC=C2C(=CCc3ccc(Cl)cc3N2CCCCNC)C1. The first-order chi connectivity index (χ1) is 14.2. The number of nitrogens with one attached hydrogen (secondary N) is 1. The number of unbranched alkanes of at least 4 members (excludes halogenated alkanes) is 1. The largest absolute Gasteiger partial charge is 0.495 e. The number of hydrogen-bond acceptors (Lipinski definition) is 4. The van der Waals surface area contributed by atoms with Crippen LogP contribution >= 0.6 is 11.6 Å². The van der Waals surface area contributed by atoms with E-state index in [-0.39, 0.29) is 0 Å². The molecule has 0 unspecified atom stereocenters. The first-order valence-electron chi connectivity index (χ1n) is 10.2. The highest BCUT2D eigenvalue weighted by Crippen LogP contribution is 2.38. The topological polar surface area (TPSA) is 33.7 Å². The van der Waals surface area contributed by atoms with Crippen molar-refractivity contribution in [1.29, 1.82) is 0 Å². The fraction of sp³-hybridized carbons (Fsp3) is 0.417. The zero-order valence-electron chi connectivity index (χ0n) is 17.0. The number of halogens is 1. The average molecular weight is 413 g/mol. The molecule has 0 saturated carbocycles. The fourth-order valence-corrected chi connectivity index (χ4v) is 3.82. The first kappa shape index (κ1) is 21.5. The van der Waals surface area contributed by atoms with Crippen molar-refractivity contribution in [2.75, 3.05) is 44.9 Å². The van der Waals surface area contributed by atoms with E-state index in [2.05, 4.69) is 46.5 Å². The van der Waals surface area contributed by atoms with E-state index >= 15 is 0 Å². The van der Waals surface area contributed by atoms with Crippen LogP contribution in [0.25, 0.3) is 0 Å². The summed E-state index contributed by atoms with van der Waals surface area (Å²) in [6.07, 6.45) is 15.7. The Morgan fingerprint density at radius 1 is 1.24 bits per heavy atom. The molecular formula is C24H29ClN2O2. The molecule has 0 atom stereocenters. The molecule has 5 heteroatoms. The number of nitrogens with zero attached hydrogens (tertiary/aromatic N) is 1. The van der Waals surface area contributed by atoms with Gasteiger partial charge in [-0.2, -0.15) is 0 Å². The van der Waals surface area contributed by atoms with Gasteiger partial charge in [-0.25, -0.2) is 0 Å². The van der Waals surface area contributed by atoms with E-state index in [4.69, 9.17) is 27.5 Å². The molecule has 1 heterocycles. The van der Waals surface area contributed by atoms with Crippen molar-refractivity contribution >= 4 is 17.3 Å². The second kappa shape index (κ2) is 11.1. The lowest BCUT2D eigenvalue weighted by molar-refractivity contribution is 0.0919. The molecule has 0 saturated heterocycles. The Kier molecular flexibility index (Phi) is 8.25. The van der Waals surface area contributed by atoms with E-state index in [0.29, 0.717) is 19.8 Å². The lowest BCUT2D eigenvalue weighted by Crippen LogP contribution is -2.27. The van der Waals surface area contributed by atoms with Crippen molar-refractivity contribution in [1.82, 2.24) is 5.32 Å². The van der Waals surface area contributed by atoms with Crippen LogP contribution in [0.4, 0.5) is 5.69 Å². The van der Waals surface area contributed by atoms with Gasteiger partial charge in [0.25, 0.3) is 0 Å². The Hall–Kier alpha value is -2.19. The Labute approximate surface area is 179 Å². The maximum Gasteiger partial charge on any atom is 0.111 e. The molecule has 1 aliphatic carbocycles. The van der Waals surface area contributed by atoms with Crippen LogP contribution in [0.2, 0.25) is 5.02 Å². The third-order valence-electron chi connectivity index (χ3n) is 5.08. The third kappa shape index (κ3) is 5.90. The summed E-state index contributed by atoms with van der Waals surface area (Å²) in [7, 11) is 2.00. The van der Waals surface area contributed by atoms with E-state index < -0.39 is 0 Å². The predicted octanol–water partition coefficient (Wildman–Crippen LogP) is 4.47. The molecule has 0 radical (unpaired) electrons. The van der Waals surface area contributed by atoms with E-state index in [1.807, 2.05) is 13.1 Å². The van der Waals surface area contributed by atoms with Crippen LogP contribution in [0.3, 0.4) is 0 Å². The van der Waals surface area contributed by atoms with Gasteiger partial charge in [0.15, 0.2) is 0 Å². The molecule has 29 heavy (non-hydrogen) atoms. The van der Waals surface area contributed by atoms with Crippen molar-refractivity contribution < 1.29 is 9.47 Å². The summed E-state index contributed by atoms with van der Waals surface area (Å²) in [4.78, 5) is 2.42. The van der Waals surface area contributed by atoms with Crippen molar-refractivity contribution in [2.24, 2.45) is 0 Å². The van der Waals surface area contributed by atoms with Crippen LogP contribution in [0.15, 0.2) is 53.5 Å². The number of benzene rings is 1. The van der Waals surface area contributed by atoms with Crippen molar-refractivity contribution in [3.63, 3.8) is 0 Å². The van der Waals surface area contributed by atoms with Crippen LogP contribution in [0, 0.1) is 12.3 Å². The highest BCUT2D eigenvalue weighted by Gasteiger charge is 2.24. The number of allylic oxidation sites excluding steroid dienone is 5. The number of terminal acetylenes is 1. The summed E-state index contributed by atoms with van der Waals surface area (Å²) < 4.78 is 11.2. The fourth-order valence-electron chi connectivity index (χ4n) is 3.65. The molecule has 4 nitrogen and oxygen atoms in total. The van der Waals surface area contributed by atoms with Gasteiger partial charge >= 0.3 is 0 Å². The Balaban J connectivity index is 1.77. The number of ether oxygens (including phenoxy) is 2. The number of fused-ring (bicyclic) bond motifs is 2. The van der Waals surface area contributed by atoms with Gasteiger partial charge in [-0.15, -0.1) is 6.42 Å². The molecule has 1 aliphatic heterocycles. The van der Waals surface area contributed by atoms with Crippen molar-refractivity contribution in [3.05, 3.63) is 64.0 Å². The third-order valence-corrected chi connectivity index (χ3v) is 5.31. The summed E-state index contributed by atoms with van der Waals surface area (Å²) in [5.41, 5.74) is 5.05. The van der Waals surface area contributed by atoms with Crippen LogP contribution in [-0.4, -0.2) is 40.0 Å². The first-order valence-corrected chi connectivity index (χ1v) is 10.6. The van der Waals surface area contributed by atoms with Crippen molar-refractivity contribution in [3.8, 4) is 12.3 Å². The van der Waals surface area contributed by atoms with Crippen LogP contribution in [0.1, 0.15) is 24.8 Å². The molecular weight excluding hydrogens is 384 g/mol. The minimum atomic E-state index is 0.320. The summed E-state index contributed by atoms with van der Waals surface area (Å²) in [6.45, 7) is 3.31. The van der Waals surface area contributed by atoms with Gasteiger partial charge in [-0.05, 0) is 68.3 Å². The summed E-state index contributed by atoms with van der Waals surface area (Å²) in [6, 6.07) is 6.20. The normalized spacial score (nSPS) is 15.3. The number of anilines is 1. The Morgan fingerprint density at radius 2 is 2.14 bits per heavy atom. The highest BCUT2D eigenvalue weighted by molar-refractivity contribution is 6.30. The van der Waals surface area contributed by atoms with E-state index in [0.717, 1.165) is 49.6 Å². The van der Waals surface area contributed by atoms with Gasteiger partial charge in [-0.1, -0.05) is 29.7 Å². The Morgan fingerprint density at radius 3 is 2.97 bits per heavy atom. The maximum atomic E-state index is 6.34. The zero-order chi connectivity index (χ0) is 20.5. The molecule has 0 amide bonds. The summed E-state index contributed by atoms with van der Waals surface area (Å²) in [5, 5.41) is 4.00. The lowest BCUT2D eigenvalue weighted by Gasteiger charge is -2.31. The molecule has 0 spiro atoms. The van der Waals surface area contributed by atoms with Gasteiger partial charge in [0, 0.05) is 29.4 Å². The predicted molar refractivity (Wildman–Crippen MR) is 120 cm³/mol. The van der Waals surface area contributed by atoms with Crippen LogP contribution in [0.5, 0.6) is 0 Å². The minimum absolute atomic E-state index is 0.320. The quantitative estimate of drug-likeness (QED) is 0.454. The second-order valence-corrected chi connectivity index (χ2v) is 7.57. The van der Waals surface area contributed by atoms with Crippen molar-refractivity contribution in [2.45, 2.75) is 25.7 Å². The zero-order valence-corrected chi connectivity index (χ0v) is 17.8. The highest BCUT2D eigenvalue weighted by atomic mass is 35.5. The molecule has 2 aliphatic rings. The molecule has 1 aromatic rings. The molecule has 154 valence electrons. The molecule has 0 bridgehead atoms. The summed E-state index contributed by atoms with van der Waals surface area (Å²) in [5.74, 6) is 3.42. The maximum absolute atomic E-state index is 6.34. The molecule has 3 rings (SSSR count). The monoisotopic (exact) mass is 412 g/mol. The molecule has 1 aromatic carbocycles. The second-order valence-electron chi connectivity index (χ2n) is 7.14. The van der Waals surface area contributed by atoms with E-state index in [1.54, 1.807) is 0 Å². The van der Waals surface area contributed by atoms with Gasteiger partial charge in [0.05, 0.1) is 6.61 Å².